The van der Waals surface area contributed by atoms with Crippen LogP contribution in [0.3, 0.4) is 0 Å². The highest BCUT2D eigenvalue weighted by Crippen LogP contribution is 2.26. The Morgan fingerprint density at radius 2 is 2.24 bits per heavy atom. The second kappa shape index (κ2) is 5.49. The van der Waals surface area contributed by atoms with E-state index in [-0.39, 0.29) is 11.7 Å². The summed E-state index contributed by atoms with van der Waals surface area (Å²) in [5, 5.41) is 3.08. The van der Waals surface area contributed by atoms with Gasteiger partial charge in [0.2, 0.25) is 5.91 Å². The van der Waals surface area contributed by atoms with Gasteiger partial charge in [0.1, 0.15) is 17.3 Å². The number of aryl methyl sites for hydroxylation is 1. The Morgan fingerprint density at radius 3 is 3.00 bits per heavy atom. The van der Waals surface area contributed by atoms with Gasteiger partial charge in [-0.1, -0.05) is 11.3 Å². The number of anilines is 1. The van der Waals surface area contributed by atoms with E-state index in [1.54, 1.807) is 18.2 Å². The monoisotopic (exact) mass is 302 g/mol. The first kappa shape index (κ1) is 13.5. The summed E-state index contributed by atoms with van der Waals surface area (Å²) in [6.07, 6.45) is 2.94. The molecule has 1 aromatic carbocycles. The van der Waals surface area contributed by atoms with Gasteiger partial charge in [-0.15, -0.1) is 0 Å². The molecule has 0 saturated heterocycles. The molecule has 0 fully saturated rings. The van der Waals surface area contributed by atoms with Gasteiger partial charge in [-0.3, -0.25) is 10.1 Å². The Bertz CT molecular complexity index is 835. The molecule has 0 aliphatic carbocycles. The molecule has 4 nitrogen and oxygen atoms in total. The zero-order valence-corrected chi connectivity index (χ0v) is 11.9. The molecule has 21 heavy (non-hydrogen) atoms. The van der Waals surface area contributed by atoms with Gasteiger partial charge in [0, 0.05) is 6.08 Å². The molecule has 3 aromatic rings. The topological polar surface area (TPSA) is 55.1 Å². The SMILES string of the molecule is Cc1ccc(/C=C/C(=O)Nc2nc3ccc(F)cc3s2)o1. The Morgan fingerprint density at radius 1 is 1.38 bits per heavy atom. The second-order valence-electron chi connectivity index (χ2n) is 4.40. The maximum Gasteiger partial charge on any atom is 0.250 e. The summed E-state index contributed by atoms with van der Waals surface area (Å²) >= 11 is 1.23. The summed E-state index contributed by atoms with van der Waals surface area (Å²) in [5.41, 5.74) is 0.655. The molecule has 0 spiro atoms. The number of halogens is 1. The Hall–Kier alpha value is -2.47. The normalized spacial score (nSPS) is 11.3. The van der Waals surface area contributed by atoms with Crippen LogP contribution in [0.5, 0.6) is 0 Å². The molecule has 3 rings (SSSR count). The van der Waals surface area contributed by atoms with E-state index in [4.69, 9.17) is 4.42 Å². The van der Waals surface area contributed by atoms with E-state index < -0.39 is 0 Å². The number of hydrogen-bond acceptors (Lipinski definition) is 4. The number of amides is 1. The summed E-state index contributed by atoms with van der Waals surface area (Å²) in [6, 6.07) is 7.91. The number of nitrogens with one attached hydrogen (secondary N) is 1. The van der Waals surface area contributed by atoms with Crippen LogP contribution in [0.25, 0.3) is 16.3 Å². The minimum atomic E-state index is -0.322. The van der Waals surface area contributed by atoms with Crippen molar-refractivity contribution < 1.29 is 13.6 Å². The maximum absolute atomic E-state index is 13.1. The lowest BCUT2D eigenvalue weighted by atomic mass is 10.3. The van der Waals surface area contributed by atoms with Gasteiger partial charge in [0.15, 0.2) is 5.13 Å². The molecular weight excluding hydrogens is 291 g/mol. The number of furan rings is 1. The zero-order chi connectivity index (χ0) is 14.8. The highest BCUT2D eigenvalue weighted by Gasteiger charge is 2.06. The molecule has 0 saturated carbocycles. The van der Waals surface area contributed by atoms with Crippen LogP contribution in [0, 0.1) is 12.7 Å². The van der Waals surface area contributed by atoms with Gasteiger partial charge >= 0.3 is 0 Å². The molecule has 0 unspecified atom stereocenters. The van der Waals surface area contributed by atoms with E-state index in [9.17, 15) is 9.18 Å². The maximum atomic E-state index is 13.1. The number of carbonyl (C=O) groups excluding carboxylic acids is 1. The van der Waals surface area contributed by atoms with Crippen molar-refractivity contribution in [3.8, 4) is 0 Å². The van der Waals surface area contributed by atoms with E-state index in [1.165, 1.54) is 29.5 Å². The third-order valence-electron chi connectivity index (χ3n) is 2.74. The predicted molar refractivity (Wildman–Crippen MR) is 80.7 cm³/mol. The molecule has 6 heteroatoms. The van der Waals surface area contributed by atoms with Crippen molar-refractivity contribution in [2.24, 2.45) is 0 Å². The third-order valence-corrected chi connectivity index (χ3v) is 3.67. The molecule has 106 valence electrons. The van der Waals surface area contributed by atoms with Crippen molar-refractivity contribution in [3.63, 3.8) is 0 Å². The summed E-state index contributed by atoms with van der Waals surface area (Å²) in [4.78, 5) is 16.0. The van der Waals surface area contributed by atoms with Crippen LogP contribution in [0.1, 0.15) is 11.5 Å². The number of carbonyl (C=O) groups is 1. The van der Waals surface area contributed by atoms with Gasteiger partial charge in [0.25, 0.3) is 0 Å². The minimum absolute atomic E-state index is 0.316. The zero-order valence-electron chi connectivity index (χ0n) is 11.1. The molecular formula is C15H11FN2O2S. The van der Waals surface area contributed by atoms with Gasteiger partial charge in [-0.05, 0) is 43.3 Å². The average Bonchev–Trinajstić information content (AvgIpc) is 3.01. The highest BCUT2D eigenvalue weighted by molar-refractivity contribution is 7.22. The first-order valence-corrected chi connectivity index (χ1v) is 7.03. The van der Waals surface area contributed by atoms with E-state index in [1.807, 2.05) is 13.0 Å². The van der Waals surface area contributed by atoms with Crippen LogP contribution in [-0.4, -0.2) is 10.9 Å². The number of aromatic nitrogens is 1. The number of hydrogen-bond donors (Lipinski definition) is 1. The fourth-order valence-electron chi connectivity index (χ4n) is 1.80. The smallest absolute Gasteiger partial charge is 0.250 e. The van der Waals surface area contributed by atoms with Gasteiger partial charge < -0.3 is 4.42 Å². The summed E-state index contributed by atoms with van der Waals surface area (Å²) in [5.74, 6) is 0.748. The van der Waals surface area contributed by atoms with E-state index in [0.29, 0.717) is 21.1 Å². The molecule has 0 aliphatic rings. The predicted octanol–water partition coefficient (Wildman–Crippen LogP) is 3.99. The number of nitrogens with zero attached hydrogens (tertiary/aromatic N) is 1. The molecule has 2 aromatic heterocycles. The minimum Gasteiger partial charge on any atom is -0.462 e. The Labute approximate surface area is 123 Å². The van der Waals surface area contributed by atoms with E-state index >= 15 is 0 Å². The lowest BCUT2D eigenvalue weighted by Crippen LogP contribution is -2.07. The first-order valence-electron chi connectivity index (χ1n) is 6.22. The largest absolute Gasteiger partial charge is 0.462 e. The van der Waals surface area contributed by atoms with Crippen molar-refractivity contribution in [2.45, 2.75) is 6.92 Å². The van der Waals surface area contributed by atoms with Gasteiger partial charge in [-0.2, -0.15) is 0 Å². The molecule has 0 bridgehead atoms. The highest BCUT2D eigenvalue weighted by atomic mass is 32.1. The summed E-state index contributed by atoms with van der Waals surface area (Å²) in [6.45, 7) is 1.83. The Balaban J connectivity index is 1.72. The molecule has 1 amide bonds. The number of thiazole rings is 1. The fourth-order valence-corrected chi connectivity index (χ4v) is 2.69. The summed E-state index contributed by atoms with van der Waals surface area (Å²) < 4.78 is 19.1. The van der Waals surface area contributed by atoms with E-state index in [2.05, 4.69) is 10.3 Å². The molecule has 0 atom stereocenters. The summed E-state index contributed by atoms with van der Waals surface area (Å²) in [7, 11) is 0. The van der Waals surface area contributed by atoms with Gasteiger partial charge in [0.05, 0.1) is 10.2 Å². The van der Waals surface area contributed by atoms with Crippen LogP contribution in [0.2, 0.25) is 0 Å². The lowest BCUT2D eigenvalue weighted by molar-refractivity contribution is -0.111. The molecule has 1 N–H and O–H groups in total. The quantitative estimate of drug-likeness (QED) is 0.744. The second-order valence-corrected chi connectivity index (χ2v) is 5.43. The fraction of sp³-hybridized carbons (Fsp3) is 0.0667. The average molecular weight is 302 g/mol. The van der Waals surface area contributed by atoms with Crippen molar-refractivity contribution in [1.29, 1.82) is 0 Å². The number of benzene rings is 1. The number of fused-ring (bicyclic) bond motifs is 1. The number of rotatable bonds is 3. The van der Waals surface area contributed by atoms with Gasteiger partial charge in [-0.25, -0.2) is 9.37 Å². The Kier molecular flexibility index (Phi) is 3.53. The van der Waals surface area contributed by atoms with Crippen molar-refractivity contribution in [1.82, 2.24) is 4.98 Å². The van der Waals surface area contributed by atoms with Crippen molar-refractivity contribution in [2.75, 3.05) is 5.32 Å². The van der Waals surface area contributed by atoms with Crippen LogP contribution < -0.4 is 5.32 Å². The molecule has 2 heterocycles. The van der Waals surface area contributed by atoms with Crippen LogP contribution >= 0.6 is 11.3 Å². The molecule has 0 radical (unpaired) electrons. The van der Waals surface area contributed by atoms with E-state index in [0.717, 1.165) is 5.76 Å². The molecule has 0 aliphatic heterocycles. The van der Waals surface area contributed by atoms with Crippen LogP contribution in [0.15, 0.2) is 40.8 Å². The van der Waals surface area contributed by atoms with Crippen LogP contribution in [0.4, 0.5) is 9.52 Å². The lowest BCUT2D eigenvalue weighted by Gasteiger charge is -1.94. The van der Waals surface area contributed by atoms with Crippen molar-refractivity contribution >= 4 is 38.7 Å². The third kappa shape index (κ3) is 3.17. The van der Waals surface area contributed by atoms with Crippen LogP contribution in [-0.2, 0) is 4.79 Å². The first-order chi connectivity index (χ1) is 10.1. The standard InChI is InChI=1S/C15H11FN2O2S/c1-9-2-4-11(20-9)5-7-14(19)18-15-17-12-6-3-10(16)8-13(12)21-15/h2-8H,1H3,(H,17,18,19)/b7-5+. The van der Waals surface area contributed by atoms with Crippen molar-refractivity contribution in [3.05, 3.63) is 53.7 Å².